The van der Waals surface area contributed by atoms with Crippen LogP contribution in [0.1, 0.15) is 32.1 Å². The number of aliphatic hydroxyl groups excluding tert-OH is 2. The van der Waals surface area contributed by atoms with E-state index in [9.17, 15) is 10.2 Å². The maximum atomic E-state index is 9.85. The molecule has 0 aromatic rings. The van der Waals surface area contributed by atoms with Crippen LogP contribution in [0, 0.1) is 0 Å². The predicted molar refractivity (Wildman–Crippen MR) is 50.5 cm³/mol. The minimum atomic E-state index is -0.157. The Morgan fingerprint density at radius 3 is 2.31 bits per heavy atom. The molecule has 2 N–H and O–H groups in total. The maximum absolute atomic E-state index is 9.85. The number of hydrogen-bond donors (Lipinski definition) is 2. The highest BCUT2D eigenvalue weighted by atomic mass is 16.3. The van der Waals surface area contributed by atoms with E-state index in [4.69, 9.17) is 0 Å². The van der Waals surface area contributed by atoms with Crippen LogP contribution in [0.4, 0.5) is 0 Å². The number of rotatable bonds is 1. The van der Waals surface area contributed by atoms with Crippen molar-refractivity contribution in [2.24, 2.45) is 0 Å². The molecule has 1 saturated carbocycles. The predicted octanol–water partition coefficient (Wildman–Crippen LogP) is 0.357. The van der Waals surface area contributed by atoms with Gasteiger partial charge in [0.05, 0.1) is 12.2 Å². The topological polar surface area (TPSA) is 43.7 Å². The smallest absolute Gasteiger partial charge is 0.0794 e. The van der Waals surface area contributed by atoms with Gasteiger partial charge in [-0.15, -0.1) is 0 Å². The molecular weight excluding hydrogens is 166 g/mol. The van der Waals surface area contributed by atoms with Crippen LogP contribution < -0.4 is 0 Å². The van der Waals surface area contributed by atoms with Gasteiger partial charge in [0.25, 0.3) is 0 Å². The van der Waals surface area contributed by atoms with Gasteiger partial charge in [-0.25, -0.2) is 0 Å². The quantitative estimate of drug-likeness (QED) is 0.580. The minimum Gasteiger partial charge on any atom is -0.391 e. The fraction of sp³-hybridized carbons (Fsp3) is 1.00. The van der Waals surface area contributed by atoms with Crippen LogP contribution in [-0.4, -0.2) is 46.5 Å². The van der Waals surface area contributed by atoms with E-state index in [1.807, 2.05) is 0 Å². The van der Waals surface area contributed by atoms with Gasteiger partial charge in [-0.1, -0.05) is 19.3 Å². The summed E-state index contributed by atoms with van der Waals surface area (Å²) < 4.78 is 0. The largest absolute Gasteiger partial charge is 0.391 e. The molecule has 13 heavy (non-hydrogen) atoms. The molecule has 1 aliphatic heterocycles. The molecule has 1 heterocycles. The highest BCUT2D eigenvalue weighted by molar-refractivity contribution is 4.89. The molecular formula is C10H19NO2. The van der Waals surface area contributed by atoms with Crippen molar-refractivity contribution in [1.29, 1.82) is 0 Å². The van der Waals surface area contributed by atoms with E-state index >= 15 is 0 Å². The molecule has 0 bridgehead atoms. The first-order valence-electron chi connectivity index (χ1n) is 5.37. The van der Waals surface area contributed by atoms with Crippen LogP contribution >= 0.6 is 0 Å². The van der Waals surface area contributed by atoms with Gasteiger partial charge in [0, 0.05) is 19.1 Å². The van der Waals surface area contributed by atoms with Crippen molar-refractivity contribution in [2.75, 3.05) is 13.1 Å². The summed E-state index contributed by atoms with van der Waals surface area (Å²) in [6, 6.07) is 0.325. The van der Waals surface area contributed by atoms with Gasteiger partial charge < -0.3 is 10.2 Å². The van der Waals surface area contributed by atoms with Crippen LogP contribution in [0.5, 0.6) is 0 Å². The van der Waals surface area contributed by atoms with E-state index in [1.165, 1.54) is 12.8 Å². The summed E-state index contributed by atoms with van der Waals surface area (Å²) in [5.74, 6) is 0. The zero-order valence-electron chi connectivity index (χ0n) is 8.02. The van der Waals surface area contributed by atoms with Gasteiger partial charge in [0.2, 0.25) is 0 Å². The van der Waals surface area contributed by atoms with Crippen LogP contribution in [0.3, 0.4) is 0 Å². The lowest BCUT2D eigenvalue weighted by Gasteiger charge is -2.43. The molecule has 2 atom stereocenters. The fourth-order valence-corrected chi connectivity index (χ4v) is 2.45. The van der Waals surface area contributed by atoms with Crippen molar-refractivity contribution in [3.05, 3.63) is 0 Å². The molecule has 2 aliphatic rings. The number of aliphatic hydroxyl groups is 2. The number of likely N-dealkylation sites (tertiary alicyclic amines) is 1. The summed E-state index contributed by atoms with van der Waals surface area (Å²) in [5, 5.41) is 19.0. The van der Waals surface area contributed by atoms with Crippen molar-refractivity contribution in [1.82, 2.24) is 4.90 Å². The normalized spacial score (nSPS) is 38.3. The summed E-state index contributed by atoms with van der Waals surface area (Å²) in [7, 11) is 0. The van der Waals surface area contributed by atoms with Gasteiger partial charge in [-0.2, -0.15) is 0 Å². The SMILES string of the molecule is OC1CN(C2CCCCCC2O)C1. The van der Waals surface area contributed by atoms with Crippen LogP contribution in [0.15, 0.2) is 0 Å². The van der Waals surface area contributed by atoms with Crippen molar-refractivity contribution < 1.29 is 10.2 Å². The van der Waals surface area contributed by atoms with Crippen molar-refractivity contribution in [3.8, 4) is 0 Å². The first-order chi connectivity index (χ1) is 6.27. The number of nitrogens with zero attached hydrogens (tertiary/aromatic N) is 1. The number of β-amino-alcohol motifs (C(OH)–C–C–N with tert-alkyl or cyclic N) is 1. The van der Waals surface area contributed by atoms with E-state index in [0.29, 0.717) is 6.04 Å². The van der Waals surface area contributed by atoms with Gasteiger partial charge >= 0.3 is 0 Å². The first-order valence-corrected chi connectivity index (χ1v) is 5.37. The van der Waals surface area contributed by atoms with E-state index in [-0.39, 0.29) is 12.2 Å². The summed E-state index contributed by atoms with van der Waals surface area (Å²) in [4.78, 5) is 2.22. The third-order valence-electron chi connectivity index (χ3n) is 3.30. The van der Waals surface area contributed by atoms with E-state index in [1.54, 1.807) is 0 Å². The average molecular weight is 185 g/mol. The van der Waals surface area contributed by atoms with Crippen LogP contribution in [-0.2, 0) is 0 Å². The summed E-state index contributed by atoms with van der Waals surface area (Å²) in [6.45, 7) is 1.53. The lowest BCUT2D eigenvalue weighted by molar-refractivity contribution is -0.0617. The standard InChI is InChI=1S/C10H19NO2/c12-8-6-11(7-8)9-4-2-1-3-5-10(9)13/h8-10,12-13H,1-7H2. The molecule has 2 rings (SSSR count). The van der Waals surface area contributed by atoms with Gasteiger partial charge in [0.1, 0.15) is 0 Å². The van der Waals surface area contributed by atoms with E-state index in [0.717, 1.165) is 32.4 Å². The maximum Gasteiger partial charge on any atom is 0.0794 e. The van der Waals surface area contributed by atoms with E-state index in [2.05, 4.69) is 4.90 Å². The summed E-state index contributed by atoms with van der Waals surface area (Å²) in [5.41, 5.74) is 0. The summed E-state index contributed by atoms with van der Waals surface area (Å²) in [6.07, 6.45) is 5.39. The molecule has 0 amide bonds. The highest BCUT2D eigenvalue weighted by Gasteiger charge is 2.34. The third-order valence-corrected chi connectivity index (χ3v) is 3.30. The Balaban J connectivity index is 1.88. The van der Waals surface area contributed by atoms with Gasteiger partial charge in [-0.05, 0) is 12.8 Å². The molecule has 3 heteroatoms. The highest BCUT2D eigenvalue weighted by Crippen LogP contribution is 2.25. The Hall–Kier alpha value is -0.120. The Labute approximate surface area is 79.4 Å². The zero-order chi connectivity index (χ0) is 9.26. The Kier molecular flexibility index (Phi) is 2.86. The monoisotopic (exact) mass is 185 g/mol. The second-order valence-electron chi connectivity index (χ2n) is 4.38. The van der Waals surface area contributed by atoms with Crippen molar-refractivity contribution in [3.63, 3.8) is 0 Å². The summed E-state index contributed by atoms with van der Waals surface area (Å²) >= 11 is 0. The van der Waals surface area contributed by atoms with Crippen molar-refractivity contribution >= 4 is 0 Å². The van der Waals surface area contributed by atoms with Gasteiger partial charge in [-0.3, -0.25) is 4.90 Å². The second-order valence-corrected chi connectivity index (χ2v) is 4.38. The lowest BCUT2D eigenvalue weighted by Crippen LogP contribution is -2.58. The molecule has 2 unspecified atom stereocenters. The van der Waals surface area contributed by atoms with Gasteiger partial charge in [0.15, 0.2) is 0 Å². The van der Waals surface area contributed by atoms with Crippen LogP contribution in [0.2, 0.25) is 0 Å². The Morgan fingerprint density at radius 2 is 1.62 bits per heavy atom. The minimum absolute atomic E-state index is 0.143. The number of hydrogen-bond acceptors (Lipinski definition) is 3. The second kappa shape index (κ2) is 3.95. The molecule has 2 fully saturated rings. The Morgan fingerprint density at radius 1 is 0.923 bits per heavy atom. The average Bonchev–Trinajstić information content (AvgIpc) is 2.25. The molecule has 1 saturated heterocycles. The van der Waals surface area contributed by atoms with E-state index < -0.39 is 0 Å². The molecule has 1 aliphatic carbocycles. The molecule has 0 aromatic heterocycles. The third kappa shape index (κ3) is 2.03. The zero-order valence-corrected chi connectivity index (χ0v) is 8.02. The molecule has 0 aromatic carbocycles. The van der Waals surface area contributed by atoms with Crippen molar-refractivity contribution in [2.45, 2.75) is 50.4 Å². The lowest BCUT2D eigenvalue weighted by atomic mass is 9.99. The Bertz CT molecular complexity index is 168. The molecule has 76 valence electrons. The van der Waals surface area contributed by atoms with Crippen LogP contribution in [0.25, 0.3) is 0 Å². The molecule has 0 spiro atoms. The molecule has 3 nitrogen and oxygen atoms in total. The fourth-order valence-electron chi connectivity index (χ4n) is 2.45. The first kappa shape index (κ1) is 9.44. The molecule has 0 radical (unpaired) electrons.